The Morgan fingerprint density at radius 1 is 1.13 bits per heavy atom. The Balaban J connectivity index is 1.24. The minimum absolute atomic E-state index is 0.127. The zero-order chi connectivity index (χ0) is 27.8. The maximum Gasteiger partial charge on any atom is 0.225 e. The minimum atomic E-state index is 0.127. The number of rotatable bonds is 10. The van der Waals surface area contributed by atoms with Gasteiger partial charge in [-0.2, -0.15) is 5.10 Å². The number of ether oxygens (including phenoxy) is 1. The van der Waals surface area contributed by atoms with Gasteiger partial charge in [-0.15, -0.1) is 0 Å². The van der Waals surface area contributed by atoms with Gasteiger partial charge in [0.05, 0.1) is 25.0 Å². The van der Waals surface area contributed by atoms with E-state index in [0.717, 1.165) is 87.1 Å². The Morgan fingerprint density at radius 2 is 1.87 bits per heavy atom. The Hall–Kier alpha value is -2.85. The molecule has 1 saturated heterocycles. The zero-order valence-corrected chi connectivity index (χ0v) is 24.8. The third-order valence-electron chi connectivity index (χ3n) is 7.88. The van der Waals surface area contributed by atoms with Crippen LogP contribution < -0.4 is 15.0 Å². The molecule has 1 N–H and O–H groups in total. The van der Waals surface area contributed by atoms with Gasteiger partial charge in [-0.05, 0) is 76.6 Å². The van der Waals surface area contributed by atoms with Crippen LogP contribution in [0.5, 0.6) is 5.75 Å². The number of likely N-dealkylation sites (N-methyl/N-ethyl adjacent to an activating group) is 1. The van der Waals surface area contributed by atoms with Crippen LogP contribution in [0.25, 0.3) is 0 Å². The van der Waals surface area contributed by atoms with Crippen molar-refractivity contribution >= 4 is 28.9 Å². The smallest absolute Gasteiger partial charge is 0.225 e. The van der Waals surface area contributed by atoms with Gasteiger partial charge in [0.25, 0.3) is 0 Å². The van der Waals surface area contributed by atoms with E-state index in [0.29, 0.717) is 25.1 Å². The van der Waals surface area contributed by atoms with E-state index in [1.807, 2.05) is 37.0 Å². The van der Waals surface area contributed by atoms with E-state index in [9.17, 15) is 4.79 Å². The average molecular weight is 556 g/mol. The lowest BCUT2D eigenvalue weighted by atomic mass is 9.84. The van der Waals surface area contributed by atoms with Crippen LogP contribution in [0.4, 0.5) is 5.69 Å². The van der Waals surface area contributed by atoms with E-state index in [2.05, 4.69) is 62.4 Å². The Labute approximate surface area is 239 Å². The number of piperazine rings is 1. The molecule has 1 aromatic heterocycles. The van der Waals surface area contributed by atoms with Crippen LogP contribution in [0.1, 0.15) is 38.2 Å². The lowest BCUT2D eigenvalue weighted by molar-refractivity contribution is -0.137. The number of thiocarbonyl (C=S) groups is 1. The molecular formula is C29H45N7O2S. The van der Waals surface area contributed by atoms with Crippen LogP contribution in [0.2, 0.25) is 0 Å². The average Bonchev–Trinajstić information content (AvgIpc) is 3.41. The summed E-state index contributed by atoms with van der Waals surface area (Å²) in [5.74, 6) is 1.34. The standard InChI is InChI=1S/C29H45N7O2S/c1-5-38-27-8-6-7-23(19-27)21-35-22-26(20-31-35)33-14-16-34(17-15-33)28(37)24-9-11-25(12-10-24)36(29(39)30-2)18-13-32(3)4/h6-8,19-20,22,24-25H,5,9-18,21H2,1-4H3,(H,30,39). The summed E-state index contributed by atoms with van der Waals surface area (Å²) in [6.45, 7) is 8.42. The van der Waals surface area contributed by atoms with Gasteiger partial charge < -0.3 is 29.7 Å². The molecule has 1 amide bonds. The number of benzene rings is 1. The third-order valence-corrected chi connectivity index (χ3v) is 8.32. The third kappa shape index (κ3) is 7.85. The second-order valence-corrected chi connectivity index (χ2v) is 11.2. The van der Waals surface area contributed by atoms with Crippen molar-refractivity contribution in [3.05, 3.63) is 42.2 Å². The molecule has 0 spiro atoms. The number of hydrogen-bond acceptors (Lipinski definition) is 6. The van der Waals surface area contributed by atoms with E-state index < -0.39 is 0 Å². The molecule has 2 heterocycles. The fourth-order valence-corrected chi connectivity index (χ4v) is 5.91. The van der Waals surface area contributed by atoms with Crippen LogP contribution in [0.15, 0.2) is 36.7 Å². The van der Waals surface area contributed by atoms with E-state index in [4.69, 9.17) is 17.0 Å². The number of nitrogens with zero attached hydrogens (tertiary/aromatic N) is 6. The summed E-state index contributed by atoms with van der Waals surface area (Å²) < 4.78 is 7.59. The normalized spacial score (nSPS) is 19.7. The highest BCUT2D eigenvalue weighted by Gasteiger charge is 2.33. The molecule has 0 atom stereocenters. The maximum atomic E-state index is 13.4. The second kappa shape index (κ2) is 14.0. The number of aromatic nitrogens is 2. The van der Waals surface area contributed by atoms with Gasteiger partial charge >= 0.3 is 0 Å². The number of carbonyl (C=O) groups excluding carboxylic acids is 1. The molecule has 1 aliphatic carbocycles. The molecule has 2 aromatic rings. The molecule has 1 aromatic carbocycles. The lowest BCUT2D eigenvalue weighted by Gasteiger charge is -2.41. The summed E-state index contributed by atoms with van der Waals surface area (Å²) in [6, 6.07) is 8.57. The number of amides is 1. The molecule has 4 rings (SSSR count). The molecule has 2 aliphatic rings. The van der Waals surface area contributed by atoms with Crippen molar-refractivity contribution in [2.45, 2.75) is 45.2 Å². The molecule has 1 saturated carbocycles. The van der Waals surface area contributed by atoms with Gasteiger partial charge in [0.1, 0.15) is 5.75 Å². The lowest BCUT2D eigenvalue weighted by Crippen LogP contribution is -2.52. The summed E-state index contributed by atoms with van der Waals surface area (Å²) in [6.07, 6.45) is 7.93. The summed E-state index contributed by atoms with van der Waals surface area (Å²) in [7, 11) is 6.07. The quantitative estimate of drug-likeness (QED) is 0.449. The highest BCUT2D eigenvalue weighted by Crippen LogP contribution is 2.30. The Bertz CT molecular complexity index is 1080. The largest absolute Gasteiger partial charge is 0.494 e. The molecule has 0 unspecified atom stereocenters. The monoisotopic (exact) mass is 555 g/mol. The SMILES string of the molecule is CCOc1cccc(Cn2cc(N3CCN(C(=O)C4CCC(N(CCN(C)C)C(=S)NC)CC4)CC3)cn2)c1. The van der Waals surface area contributed by atoms with E-state index >= 15 is 0 Å². The van der Waals surface area contributed by atoms with Crippen molar-refractivity contribution in [3.63, 3.8) is 0 Å². The van der Waals surface area contributed by atoms with E-state index in [1.54, 1.807) is 0 Å². The van der Waals surface area contributed by atoms with Crippen LogP contribution in [-0.2, 0) is 11.3 Å². The fourth-order valence-electron chi connectivity index (χ4n) is 5.67. The summed E-state index contributed by atoms with van der Waals surface area (Å²) in [4.78, 5) is 22.3. The maximum absolute atomic E-state index is 13.4. The second-order valence-electron chi connectivity index (χ2n) is 10.8. The van der Waals surface area contributed by atoms with Gasteiger partial charge in [-0.25, -0.2) is 0 Å². The zero-order valence-electron chi connectivity index (χ0n) is 24.0. The van der Waals surface area contributed by atoms with Crippen molar-refractivity contribution in [1.82, 2.24) is 29.8 Å². The first-order valence-electron chi connectivity index (χ1n) is 14.3. The number of hydrogen-bond donors (Lipinski definition) is 1. The highest BCUT2D eigenvalue weighted by atomic mass is 32.1. The molecule has 2 fully saturated rings. The van der Waals surface area contributed by atoms with Gasteiger partial charge in [-0.1, -0.05) is 12.1 Å². The van der Waals surface area contributed by atoms with Crippen molar-refractivity contribution in [2.75, 3.05) is 71.9 Å². The number of carbonyl (C=O) groups is 1. The molecule has 0 radical (unpaired) electrons. The van der Waals surface area contributed by atoms with Crippen molar-refractivity contribution in [1.29, 1.82) is 0 Å². The first kappa shape index (κ1) is 29.1. The van der Waals surface area contributed by atoms with Crippen LogP contribution in [0.3, 0.4) is 0 Å². The number of anilines is 1. The van der Waals surface area contributed by atoms with Crippen molar-refractivity contribution in [3.8, 4) is 5.75 Å². The minimum Gasteiger partial charge on any atom is -0.494 e. The fraction of sp³-hybridized carbons (Fsp3) is 0.621. The number of nitrogens with one attached hydrogen (secondary N) is 1. The first-order valence-corrected chi connectivity index (χ1v) is 14.7. The topological polar surface area (TPSA) is 69.1 Å². The van der Waals surface area contributed by atoms with Gasteiger partial charge in [0.15, 0.2) is 5.11 Å². The van der Waals surface area contributed by atoms with Gasteiger partial charge in [0, 0.05) is 64.5 Å². The molecule has 0 bridgehead atoms. The van der Waals surface area contributed by atoms with Gasteiger partial charge in [-0.3, -0.25) is 9.48 Å². The molecule has 10 heteroatoms. The van der Waals surface area contributed by atoms with Crippen molar-refractivity contribution < 1.29 is 9.53 Å². The molecule has 39 heavy (non-hydrogen) atoms. The van der Waals surface area contributed by atoms with Crippen LogP contribution in [0, 0.1) is 5.92 Å². The Morgan fingerprint density at radius 3 is 2.54 bits per heavy atom. The van der Waals surface area contributed by atoms with E-state index in [-0.39, 0.29) is 5.92 Å². The first-order chi connectivity index (χ1) is 18.9. The van der Waals surface area contributed by atoms with Crippen molar-refractivity contribution in [2.24, 2.45) is 5.92 Å². The molecular weight excluding hydrogens is 510 g/mol. The van der Waals surface area contributed by atoms with E-state index in [1.165, 1.54) is 0 Å². The molecule has 214 valence electrons. The van der Waals surface area contributed by atoms with Crippen LogP contribution in [-0.4, -0.2) is 109 Å². The molecule has 9 nitrogen and oxygen atoms in total. The summed E-state index contributed by atoms with van der Waals surface area (Å²) >= 11 is 5.60. The predicted octanol–water partition coefficient (Wildman–Crippen LogP) is 2.91. The predicted molar refractivity (Wildman–Crippen MR) is 160 cm³/mol. The Kier molecular flexibility index (Phi) is 10.4. The van der Waals surface area contributed by atoms with Gasteiger partial charge in [0.2, 0.25) is 5.91 Å². The highest BCUT2D eigenvalue weighted by molar-refractivity contribution is 7.80. The molecule has 1 aliphatic heterocycles. The summed E-state index contributed by atoms with van der Waals surface area (Å²) in [5.41, 5.74) is 2.27. The summed E-state index contributed by atoms with van der Waals surface area (Å²) in [5, 5.41) is 8.55. The van der Waals surface area contributed by atoms with Crippen LogP contribution >= 0.6 is 12.2 Å².